The Morgan fingerprint density at radius 1 is 1.29 bits per heavy atom. The Hall–Kier alpha value is -2.24. The molecule has 1 aromatic rings. The SMILES string of the molecule is CC(C)(C)OC(=O)N1CC[C@@H](CN(Cc2ccccc2)C(=O)O)C1. The van der Waals surface area contributed by atoms with Crippen LogP contribution in [0.2, 0.25) is 0 Å². The normalized spacial score (nSPS) is 17.6. The van der Waals surface area contributed by atoms with Crippen LogP contribution in [0.4, 0.5) is 9.59 Å². The van der Waals surface area contributed by atoms with E-state index in [2.05, 4.69) is 0 Å². The van der Waals surface area contributed by atoms with Crippen LogP contribution in [0.3, 0.4) is 0 Å². The van der Waals surface area contributed by atoms with E-state index in [0.29, 0.717) is 26.2 Å². The number of likely N-dealkylation sites (tertiary alicyclic amines) is 1. The van der Waals surface area contributed by atoms with Gasteiger partial charge in [0.05, 0.1) is 0 Å². The molecule has 1 aliphatic heterocycles. The minimum atomic E-state index is -0.936. The van der Waals surface area contributed by atoms with Crippen LogP contribution < -0.4 is 0 Å². The molecule has 0 unspecified atom stereocenters. The first-order valence-corrected chi connectivity index (χ1v) is 8.24. The molecule has 0 spiro atoms. The van der Waals surface area contributed by atoms with E-state index in [-0.39, 0.29) is 12.0 Å². The topological polar surface area (TPSA) is 70.1 Å². The molecule has 1 fully saturated rings. The first-order chi connectivity index (χ1) is 11.2. The summed E-state index contributed by atoms with van der Waals surface area (Å²) in [6, 6.07) is 9.53. The van der Waals surface area contributed by atoms with Crippen molar-refractivity contribution in [3.63, 3.8) is 0 Å². The quantitative estimate of drug-likeness (QED) is 0.916. The molecule has 1 saturated heterocycles. The van der Waals surface area contributed by atoms with E-state index >= 15 is 0 Å². The van der Waals surface area contributed by atoms with Gasteiger partial charge in [-0.25, -0.2) is 9.59 Å². The van der Waals surface area contributed by atoms with Crippen molar-refractivity contribution in [3.05, 3.63) is 35.9 Å². The molecule has 6 heteroatoms. The van der Waals surface area contributed by atoms with E-state index in [1.54, 1.807) is 4.90 Å². The minimum Gasteiger partial charge on any atom is -0.465 e. The van der Waals surface area contributed by atoms with Gasteiger partial charge in [-0.2, -0.15) is 0 Å². The van der Waals surface area contributed by atoms with Gasteiger partial charge in [0, 0.05) is 26.2 Å². The Morgan fingerprint density at radius 3 is 2.54 bits per heavy atom. The molecule has 24 heavy (non-hydrogen) atoms. The van der Waals surface area contributed by atoms with Gasteiger partial charge < -0.3 is 19.6 Å². The molecule has 2 amide bonds. The highest BCUT2D eigenvalue weighted by molar-refractivity contribution is 5.68. The molecule has 0 saturated carbocycles. The molecule has 6 nitrogen and oxygen atoms in total. The number of nitrogens with zero attached hydrogens (tertiary/aromatic N) is 2. The van der Waals surface area contributed by atoms with Crippen molar-refractivity contribution in [2.24, 2.45) is 5.92 Å². The third kappa shape index (κ3) is 5.44. The van der Waals surface area contributed by atoms with Crippen molar-refractivity contribution in [2.45, 2.75) is 39.3 Å². The van der Waals surface area contributed by atoms with Gasteiger partial charge in [0.2, 0.25) is 0 Å². The molecule has 2 rings (SSSR count). The average Bonchev–Trinajstić information content (AvgIpc) is 2.94. The van der Waals surface area contributed by atoms with Crippen molar-refractivity contribution >= 4 is 12.2 Å². The first-order valence-electron chi connectivity index (χ1n) is 8.24. The molecule has 0 aliphatic carbocycles. The standard InChI is InChI=1S/C18H26N2O4/c1-18(2,3)24-17(23)19-10-9-15(12-19)13-20(16(21)22)11-14-7-5-4-6-8-14/h4-8,15H,9-13H2,1-3H3,(H,21,22)/t15-/m1/s1. The Balaban J connectivity index is 1.90. The fourth-order valence-electron chi connectivity index (χ4n) is 2.80. The van der Waals surface area contributed by atoms with E-state index < -0.39 is 11.7 Å². The number of carbonyl (C=O) groups is 2. The molecule has 0 bridgehead atoms. The molecule has 1 heterocycles. The zero-order chi connectivity index (χ0) is 17.7. The van der Waals surface area contributed by atoms with E-state index in [4.69, 9.17) is 4.74 Å². The summed E-state index contributed by atoms with van der Waals surface area (Å²) in [5, 5.41) is 9.44. The Kier molecular flexibility index (Phi) is 5.70. The maximum atomic E-state index is 12.1. The van der Waals surface area contributed by atoms with Crippen LogP contribution in [-0.2, 0) is 11.3 Å². The van der Waals surface area contributed by atoms with Gasteiger partial charge >= 0.3 is 12.2 Å². The van der Waals surface area contributed by atoms with Crippen LogP contribution in [0.25, 0.3) is 0 Å². The molecule has 0 radical (unpaired) electrons. The van der Waals surface area contributed by atoms with E-state index in [1.165, 1.54) is 4.90 Å². The van der Waals surface area contributed by atoms with Crippen molar-refractivity contribution in [1.29, 1.82) is 0 Å². The summed E-state index contributed by atoms with van der Waals surface area (Å²) >= 11 is 0. The lowest BCUT2D eigenvalue weighted by Gasteiger charge is -2.25. The summed E-state index contributed by atoms with van der Waals surface area (Å²) in [6.45, 7) is 7.44. The fraction of sp³-hybridized carbons (Fsp3) is 0.556. The number of hydrogen-bond acceptors (Lipinski definition) is 3. The van der Waals surface area contributed by atoms with Gasteiger partial charge in [-0.15, -0.1) is 0 Å². The van der Waals surface area contributed by atoms with Crippen LogP contribution >= 0.6 is 0 Å². The summed E-state index contributed by atoms with van der Waals surface area (Å²) in [5.74, 6) is 0.136. The second kappa shape index (κ2) is 7.55. The second-order valence-corrected chi connectivity index (χ2v) is 7.23. The predicted molar refractivity (Wildman–Crippen MR) is 90.8 cm³/mol. The monoisotopic (exact) mass is 334 g/mol. The third-order valence-corrected chi connectivity index (χ3v) is 3.90. The summed E-state index contributed by atoms with van der Waals surface area (Å²) in [7, 11) is 0. The Bertz CT molecular complexity index is 568. The average molecular weight is 334 g/mol. The van der Waals surface area contributed by atoms with E-state index in [0.717, 1.165) is 12.0 Å². The smallest absolute Gasteiger partial charge is 0.410 e. The number of benzene rings is 1. The third-order valence-electron chi connectivity index (χ3n) is 3.90. The molecule has 1 N–H and O–H groups in total. The lowest BCUT2D eigenvalue weighted by atomic mass is 10.1. The van der Waals surface area contributed by atoms with Crippen LogP contribution in [-0.4, -0.2) is 52.3 Å². The number of rotatable bonds is 4. The van der Waals surface area contributed by atoms with Gasteiger partial charge in [-0.1, -0.05) is 30.3 Å². The molecular weight excluding hydrogens is 308 g/mol. The molecule has 132 valence electrons. The minimum absolute atomic E-state index is 0.136. The fourth-order valence-corrected chi connectivity index (χ4v) is 2.80. The summed E-state index contributed by atoms with van der Waals surface area (Å²) in [6.07, 6.45) is -0.470. The van der Waals surface area contributed by atoms with Gasteiger partial charge in [-0.3, -0.25) is 0 Å². The summed E-state index contributed by atoms with van der Waals surface area (Å²) in [4.78, 5) is 26.7. The number of amides is 2. The van der Waals surface area contributed by atoms with Gasteiger partial charge in [0.25, 0.3) is 0 Å². The zero-order valence-corrected chi connectivity index (χ0v) is 14.6. The number of carboxylic acid groups (broad SMARTS) is 1. The molecule has 0 aromatic heterocycles. The van der Waals surface area contributed by atoms with Crippen LogP contribution in [0.5, 0.6) is 0 Å². The lowest BCUT2D eigenvalue weighted by molar-refractivity contribution is 0.0286. The van der Waals surface area contributed by atoms with Gasteiger partial charge in [0.15, 0.2) is 0 Å². The zero-order valence-electron chi connectivity index (χ0n) is 14.6. The second-order valence-electron chi connectivity index (χ2n) is 7.23. The lowest BCUT2D eigenvalue weighted by Crippen LogP contribution is -2.37. The summed E-state index contributed by atoms with van der Waals surface area (Å²) in [5.41, 5.74) is 0.442. The largest absolute Gasteiger partial charge is 0.465 e. The number of hydrogen-bond donors (Lipinski definition) is 1. The number of carbonyl (C=O) groups excluding carboxylic acids is 1. The molecule has 1 atom stereocenters. The highest BCUT2D eigenvalue weighted by Crippen LogP contribution is 2.21. The van der Waals surface area contributed by atoms with Gasteiger partial charge in [0.1, 0.15) is 5.60 Å². The number of ether oxygens (including phenoxy) is 1. The van der Waals surface area contributed by atoms with Crippen molar-refractivity contribution < 1.29 is 19.4 Å². The van der Waals surface area contributed by atoms with Crippen molar-refractivity contribution in [1.82, 2.24) is 9.80 Å². The molecule has 1 aromatic carbocycles. The predicted octanol–water partition coefficient (Wildman–Crippen LogP) is 3.42. The maximum absolute atomic E-state index is 12.1. The van der Waals surface area contributed by atoms with E-state index in [9.17, 15) is 14.7 Å². The van der Waals surface area contributed by atoms with Crippen LogP contribution in [0.15, 0.2) is 30.3 Å². The highest BCUT2D eigenvalue weighted by Gasteiger charge is 2.31. The highest BCUT2D eigenvalue weighted by atomic mass is 16.6. The Labute approximate surface area is 143 Å². The maximum Gasteiger partial charge on any atom is 0.410 e. The van der Waals surface area contributed by atoms with Crippen LogP contribution in [0.1, 0.15) is 32.8 Å². The van der Waals surface area contributed by atoms with Crippen LogP contribution in [0, 0.1) is 5.92 Å². The van der Waals surface area contributed by atoms with E-state index in [1.807, 2.05) is 51.1 Å². The van der Waals surface area contributed by atoms with Crippen molar-refractivity contribution in [2.75, 3.05) is 19.6 Å². The van der Waals surface area contributed by atoms with Gasteiger partial charge in [-0.05, 0) is 38.7 Å². The first kappa shape index (κ1) is 18.1. The Morgan fingerprint density at radius 2 is 1.96 bits per heavy atom. The van der Waals surface area contributed by atoms with Crippen molar-refractivity contribution in [3.8, 4) is 0 Å². The molecular formula is C18H26N2O4. The summed E-state index contributed by atoms with van der Waals surface area (Å²) < 4.78 is 5.38. The molecule has 1 aliphatic rings.